The van der Waals surface area contributed by atoms with Crippen molar-refractivity contribution in [1.82, 2.24) is 0 Å². The van der Waals surface area contributed by atoms with Crippen LogP contribution >= 0.6 is 0 Å². The van der Waals surface area contributed by atoms with Crippen LogP contribution in [0.5, 0.6) is 5.75 Å². The summed E-state index contributed by atoms with van der Waals surface area (Å²) in [7, 11) is 0. The van der Waals surface area contributed by atoms with Gasteiger partial charge in [0.15, 0.2) is 0 Å². The van der Waals surface area contributed by atoms with Gasteiger partial charge in [0.25, 0.3) is 0 Å². The van der Waals surface area contributed by atoms with Crippen LogP contribution in [0.2, 0.25) is 0 Å². The van der Waals surface area contributed by atoms with Gasteiger partial charge in [-0.25, -0.2) is 4.39 Å². The molecule has 2 nitrogen and oxygen atoms in total. The first-order chi connectivity index (χ1) is 7.65. The maximum absolute atomic E-state index is 13.0. The van der Waals surface area contributed by atoms with Gasteiger partial charge >= 0.3 is 0 Å². The second-order valence-electron chi connectivity index (χ2n) is 3.69. The zero-order valence-electron chi connectivity index (χ0n) is 8.65. The van der Waals surface area contributed by atoms with Crippen molar-refractivity contribution in [3.8, 4) is 5.75 Å². The molecule has 3 heteroatoms. The molecule has 2 aromatic carbocycles. The Hall–Kier alpha value is -2.03. The molecule has 82 valence electrons. The second-order valence-corrected chi connectivity index (χ2v) is 3.69. The van der Waals surface area contributed by atoms with Crippen molar-refractivity contribution in [2.24, 2.45) is 0 Å². The number of halogens is 1. The van der Waals surface area contributed by atoms with Crippen molar-refractivity contribution >= 4 is 5.69 Å². The Morgan fingerprint density at radius 1 is 1.12 bits per heavy atom. The molecule has 0 amide bonds. The minimum Gasteiger partial charge on any atom is -0.508 e. The van der Waals surface area contributed by atoms with Crippen molar-refractivity contribution in [2.45, 2.75) is 6.42 Å². The third-order valence-electron chi connectivity index (χ3n) is 2.41. The monoisotopic (exact) mass is 217 g/mol. The van der Waals surface area contributed by atoms with Crippen molar-refractivity contribution in [1.29, 1.82) is 0 Å². The first-order valence-corrected chi connectivity index (χ1v) is 4.97. The van der Waals surface area contributed by atoms with Crippen LogP contribution in [-0.4, -0.2) is 5.11 Å². The van der Waals surface area contributed by atoms with Gasteiger partial charge < -0.3 is 10.8 Å². The highest BCUT2D eigenvalue weighted by molar-refractivity contribution is 5.52. The Kier molecular flexibility index (Phi) is 2.77. The molecule has 2 rings (SSSR count). The molecule has 0 saturated heterocycles. The number of nitrogen functional groups attached to an aromatic ring is 1. The quantitative estimate of drug-likeness (QED) is 0.760. The minimum absolute atomic E-state index is 0.139. The summed E-state index contributed by atoms with van der Waals surface area (Å²) in [5.41, 5.74) is 8.01. The van der Waals surface area contributed by atoms with E-state index in [9.17, 15) is 9.50 Å². The average Bonchev–Trinajstić information content (AvgIpc) is 2.22. The first kappa shape index (κ1) is 10.5. The van der Waals surface area contributed by atoms with E-state index < -0.39 is 0 Å². The second kappa shape index (κ2) is 4.23. The van der Waals surface area contributed by atoms with Gasteiger partial charge in [-0.3, -0.25) is 0 Å². The molecule has 0 aromatic heterocycles. The molecule has 0 aliphatic heterocycles. The first-order valence-electron chi connectivity index (χ1n) is 4.97. The number of hydrogen-bond acceptors (Lipinski definition) is 2. The Labute approximate surface area is 93.2 Å². The van der Waals surface area contributed by atoms with E-state index >= 15 is 0 Å². The summed E-state index contributed by atoms with van der Waals surface area (Å²) < 4.78 is 13.0. The maximum Gasteiger partial charge on any atom is 0.123 e. The fourth-order valence-corrected chi connectivity index (χ4v) is 1.61. The van der Waals surface area contributed by atoms with Gasteiger partial charge in [-0.1, -0.05) is 18.2 Å². The van der Waals surface area contributed by atoms with Crippen LogP contribution in [0, 0.1) is 5.82 Å². The number of anilines is 1. The van der Waals surface area contributed by atoms with Gasteiger partial charge in [-0.2, -0.15) is 0 Å². The Balaban J connectivity index is 2.27. The zero-order chi connectivity index (χ0) is 11.5. The van der Waals surface area contributed by atoms with Crippen molar-refractivity contribution in [3.05, 3.63) is 59.4 Å². The molecule has 0 aliphatic rings. The number of aromatic hydroxyl groups is 1. The van der Waals surface area contributed by atoms with E-state index in [0.29, 0.717) is 12.1 Å². The molecule has 0 heterocycles. The van der Waals surface area contributed by atoms with E-state index in [-0.39, 0.29) is 11.6 Å². The largest absolute Gasteiger partial charge is 0.508 e. The van der Waals surface area contributed by atoms with E-state index in [1.165, 1.54) is 18.2 Å². The van der Waals surface area contributed by atoms with Crippen LogP contribution < -0.4 is 5.73 Å². The highest BCUT2D eigenvalue weighted by Crippen LogP contribution is 2.21. The van der Waals surface area contributed by atoms with Crippen molar-refractivity contribution < 1.29 is 9.50 Å². The van der Waals surface area contributed by atoms with Crippen molar-refractivity contribution in [3.63, 3.8) is 0 Å². The van der Waals surface area contributed by atoms with Gasteiger partial charge in [0.05, 0.1) is 0 Å². The smallest absolute Gasteiger partial charge is 0.123 e. The molecule has 16 heavy (non-hydrogen) atoms. The Morgan fingerprint density at radius 2 is 1.94 bits per heavy atom. The normalized spacial score (nSPS) is 10.3. The number of rotatable bonds is 2. The fraction of sp³-hybridized carbons (Fsp3) is 0.0769. The molecular formula is C13H12FNO. The lowest BCUT2D eigenvalue weighted by Gasteiger charge is -2.06. The third kappa shape index (κ3) is 2.31. The molecule has 0 atom stereocenters. The van der Waals surface area contributed by atoms with E-state index in [4.69, 9.17) is 5.73 Å². The number of hydrogen-bond donors (Lipinski definition) is 2. The maximum atomic E-state index is 13.0. The highest BCUT2D eigenvalue weighted by Gasteiger charge is 2.02. The lowest BCUT2D eigenvalue weighted by Crippen LogP contribution is -1.95. The summed E-state index contributed by atoms with van der Waals surface area (Å²) in [5, 5.41) is 9.21. The lowest BCUT2D eigenvalue weighted by atomic mass is 10.0. The average molecular weight is 217 g/mol. The number of nitrogens with two attached hydrogens (primary N) is 1. The predicted octanol–water partition coefficient (Wildman–Crippen LogP) is 2.70. The molecular weight excluding hydrogens is 205 g/mol. The Morgan fingerprint density at radius 3 is 2.62 bits per heavy atom. The van der Waals surface area contributed by atoms with Crippen LogP contribution in [0.15, 0.2) is 42.5 Å². The van der Waals surface area contributed by atoms with Gasteiger partial charge in [-0.15, -0.1) is 0 Å². The summed E-state index contributed by atoms with van der Waals surface area (Å²) >= 11 is 0. The van der Waals surface area contributed by atoms with Crippen LogP contribution in [0.1, 0.15) is 11.1 Å². The number of phenolic OH excluding ortho intramolecular Hbond substituents is 1. The SMILES string of the molecule is Nc1cc(O)ccc1Cc1cccc(F)c1. The van der Waals surface area contributed by atoms with Gasteiger partial charge in [0, 0.05) is 11.8 Å². The highest BCUT2D eigenvalue weighted by atomic mass is 19.1. The summed E-state index contributed by atoms with van der Waals surface area (Å²) in [5.74, 6) is -0.115. The van der Waals surface area contributed by atoms with Gasteiger partial charge in [0.2, 0.25) is 0 Å². The molecule has 0 spiro atoms. The molecule has 0 saturated carbocycles. The van der Waals surface area contributed by atoms with Gasteiger partial charge in [0.1, 0.15) is 11.6 Å². The molecule has 3 N–H and O–H groups in total. The lowest BCUT2D eigenvalue weighted by molar-refractivity contribution is 0.475. The van der Waals surface area contributed by atoms with Crippen LogP contribution in [0.4, 0.5) is 10.1 Å². The molecule has 0 fully saturated rings. The van der Waals surface area contributed by atoms with E-state index in [0.717, 1.165) is 11.1 Å². The molecule has 0 aliphatic carbocycles. The van der Waals surface area contributed by atoms with Crippen LogP contribution in [0.25, 0.3) is 0 Å². The Bertz CT molecular complexity index is 511. The molecule has 0 unspecified atom stereocenters. The van der Waals surface area contributed by atoms with Crippen LogP contribution in [-0.2, 0) is 6.42 Å². The molecule has 0 bridgehead atoms. The summed E-state index contributed by atoms with van der Waals surface area (Å²) in [6.07, 6.45) is 0.559. The van der Waals surface area contributed by atoms with Crippen LogP contribution in [0.3, 0.4) is 0 Å². The minimum atomic E-state index is -0.255. The summed E-state index contributed by atoms with van der Waals surface area (Å²) in [6.45, 7) is 0. The van der Waals surface area contributed by atoms with Crippen molar-refractivity contribution in [2.75, 3.05) is 5.73 Å². The molecule has 0 radical (unpaired) electrons. The van der Waals surface area contributed by atoms with E-state index in [1.807, 2.05) is 6.07 Å². The van der Waals surface area contributed by atoms with E-state index in [2.05, 4.69) is 0 Å². The zero-order valence-corrected chi connectivity index (χ0v) is 8.65. The number of phenols is 1. The molecule has 2 aromatic rings. The fourth-order valence-electron chi connectivity index (χ4n) is 1.61. The third-order valence-corrected chi connectivity index (χ3v) is 2.41. The van der Waals surface area contributed by atoms with E-state index in [1.54, 1.807) is 18.2 Å². The number of benzene rings is 2. The predicted molar refractivity (Wildman–Crippen MR) is 61.7 cm³/mol. The standard InChI is InChI=1S/C13H12FNO/c14-11-3-1-2-9(7-11)6-10-4-5-12(16)8-13(10)15/h1-5,7-8,16H,6,15H2. The summed E-state index contributed by atoms with van der Waals surface area (Å²) in [6, 6.07) is 11.2. The van der Waals surface area contributed by atoms with Gasteiger partial charge in [-0.05, 0) is 35.7 Å². The topological polar surface area (TPSA) is 46.2 Å². The summed E-state index contributed by atoms with van der Waals surface area (Å²) in [4.78, 5) is 0.